The van der Waals surface area contributed by atoms with Crippen molar-refractivity contribution in [2.45, 2.75) is 25.8 Å². The summed E-state index contributed by atoms with van der Waals surface area (Å²) in [5.74, 6) is 1.73. The van der Waals surface area contributed by atoms with Crippen molar-refractivity contribution < 1.29 is 9.53 Å². The summed E-state index contributed by atoms with van der Waals surface area (Å²) in [6, 6.07) is 24.1. The van der Waals surface area contributed by atoms with Crippen LogP contribution in [-0.4, -0.2) is 23.2 Å². The predicted molar refractivity (Wildman–Crippen MR) is 124 cm³/mol. The maximum absolute atomic E-state index is 13.1. The zero-order valence-corrected chi connectivity index (χ0v) is 18.1. The quantitative estimate of drug-likeness (QED) is 0.539. The lowest BCUT2D eigenvalue weighted by Gasteiger charge is -2.26. The van der Waals surface area contributed by atoms with E-state index in [-0.39, 0.29) is 11.4 Å². The van der Waals surface area contributed by atoms with Crippen LogP contribution in [0.1, 0.15) is 27.6 Å². The Morgan fingerprint density at radius 2 is 1.80 bits per heavy atom. The number of amides is 2. The zero-order valence-electron chi connectivity index (χ0n) is 17.3. The third-order valence-electron chi connectivity index (χ3n) is 5.42. The first kappa shape index (κ1) is 20.4. The molecule has 0 aliphatic carbocycles. The molecule has 0 radical (unpaired) electrons. The lowest BCUT2D eigenvalue weighted by atomic mass is 10.1. The van der Waals surface area contributed by atoms with E-state index in [2.05, 4.69) is 36.5 Å². The molecular formula is C25H26N2O2S. The number of aryl methyl sites for hydroxylation is 1. The Morgan fingerprint density at radius 1 is 1.03 bits per heavy atom. The number of ether oxygens (including phenoxy) is 1. The van der Waals surface area contributed by atoms with Gasteiger partial charge < -0.3 is 15.0 Å². The van der Waals surface area contributed by atoms with E-state index in [1.807, 2.05) is 60.4 Å². The highest BCUT2D eigenvalue weighted by molar-refractivity contribution is 7.99. The van der Waals surface area contributed by atoms with Crippen LogP contribution in [-0.2, 0) is 6.61 Å². The molecule has 0 spiro atoms. The molecular weight excluding hydrogens is 392 g/mol. The molecule has 0 bridgehead atoms. The smallest absolute Gasteiger partial charge is 0.323 e. The molecule has 5 heteroatoms. The van der Waals surface area contributed by atoms with Crippen molar-refractivity contribution in [3.05, 3.63) is 95.1 Å². The number of urea groups is 1. The first-order valence-corrected chi connectivity index (χ1v) is 11.2. The fraction of sp³-hybridized carbons (Fsp3) is 0.240. The molecule has 2 amide bonds. The van der Waals surface area contributed by atoms with Crippen molar-refractivity contribution in [3.8, 4) is 5.75 Å². The number of rotatable bonds is 5. The molecule has 0 aromatic heterocycles. The van der Waals surface area contributed by atoms with Gasteiger partial charge in [-0.1, -0.05) is 60.7 Å². The summed E-state index contributed by atoms with van der Waals surface area (Å²) in [6.45, 7) is 5.30. The highest BCUT2D eigenvalue weighted by atomic mass is 32.2. The van der Waals surface area contributed by atoms with Gasteiger partial charge in [0.2, 0.25) is 0 Å². The Balaban J connectivity index is 1.52. The lowest BCUT2D eigenvalue weighted by Crippen LogP contribution is -2.34. The topological polar surface area (TPSA) is 41.6 Å². The molecule has 0 unspecified atom stereocenters. The third kappa shape index (κ3) is 4.46. The van der Waals surface area contributed by atoms with Crippen molar-refractivity contribution in [1.82, 2.24) is 4.90 Å². The highest BCUT2D eigenvalue weighted by Crippen LogP contribution is 2.42. The van der Waals surface area contributed by atoms with Crippen molar-refractivity contribution in [3.63, 3.8) is 0 Å². The molecule has 1 atom stereocenters. The Kier molecular flexibility index (Phi) is 6.29. The Labute approximate surface area is 182 Å². The molecule has 4 nitrogen and oxygen atoms in total. The first-order chi connectivity index (χ1) is 14.6. The molecule has 0 saturated carbocycles. The monoisotopic (exact) mass is 418 g/mol. The number of anilines is 1. The van der Waals surface area contributed by atoms with Gasteiger partial charge in [0.15, 0.2) is 0 Å². The maximum Gasteiger partial charge on any atom is 0.323 e. The minimum absolute atomic E-state index is 0.0675. The molecule has 1 fully saturated rings. The number of nitrogens with zero attached hydrogens (tertiary/aromatic N) is 1. The summed E-state index contributed by atoms with van der Waals surface area (Å²) in [4.78, 5) is 15.0. The van der Waals surface area contributed by atoms with Gasteiger partial charge in [-0.25, -0.2) is 4.79 Å². The molecule has 1 saturated heterocycles. The maximum atomic E-state index is 13.1. The fourth-order valence-electron chi connectivity index (χ4n) is 3.56. The van der Waals surface area contributed by atoms with Gasteiger partial charge in [0.1, 0.15) is 17.7 Å². The van der Waals surface area contributed by atoms with Gasteiger partial charge in [-0.15, -0.1) is 11.8 Å². The second kappa shape index (κ2) is 9.26. The highest BCUT2D eigenvalue weighted by Gasteiger charge is 2.32. The lowest BCUT2D eigenvalue weighted by molar-refractivity contribution is 0.213. The minimum Gasteiger partial charge on any atom is -0.489 e. The number of carbonyl (C=O) groups is 1. The summed E-state index contributed by atoms with van der Waals surface area (Å²) in [5.41, 5.74) is 5.29. The first-order valence-electron chi connectivity index (χ1n) is 10.1. The van der Waals surface area contributed by atoms with E-state index >= 15 is 0 Å². The van der Waals surface area contributed by atoms with E-state index in [4.69, 9.17) is 4.74 Å². The minimum atomic E-state index is -0.0726. The van der Waals surface area contributed by atoms with Crippen molar-refractivity contribution in [1.29, 1.82) is 0 Å². The van der Waals surface area contributed by atoms with Crippen LogP contribution in [0.4, 0.5) is 10.5 Å². The van der Waals surface area contributed by atoms with Gasteiger partial charge in [-0.3, -0.25) is 0 Å². The van der Waals surface area contributed by atoms with Crippen molar-refractivity contribution >= 4 is 23.5 Å². The van der Waals surface area contributed by atoms with E-state index < -0.39 is 0 Å². The van der Waals surface area contributed by atoms with Gasteiger partial charge in [-0.05, 0) is 42.7 Å². The van der Waals surface area contributed by atoms with E-state index in [0.29, 0.717) is 13.2 Å². The van der Waals surface area contributed by atoms with Crippen LogP contribution in [0, 0.1) is 13.8 Å². The predicted octanol–water partition coefficient (Wildman–Crippen LogP) is 6.16. The molecule has 4 rings (SSSR count). The third-order valence-corrected chi connectivity index (χ3v) is 6.66. The standard InChI is InChI=1S/C25H26N2O2S/c1-18-9-8-13-22(19(18)2)26-25(28)27-15-16-30-24(27)21-12-6-7-14-23(21)29-17-20-10-4-3-5-11-20/h3-14,24H,15-17H2,1-2H3,(H,26,28)/t24-/m1/s1. The number of carbonyl (C=O) groups excluding carboxylic acids is 1. The van der Waals surface area contributed by atoms with Gasteiger partial charge in [0.05, 0.1) is 0 Å². The summed E-state index contributed by atoms with van der Waals surface area (Å²) >= 11 is 1.77. The molecule has 1 heterocycles. The molecule has 30 heavy (non-hydrogen) atoms. The number of hydrogen-bond acceptors (Lipinski definition) is 3. The van der Waals surface area contributed by atoms with Gasteiger partial charge in [0.25, 0.3) is 0 Å². The van der Waals surface area contributed by atoms with E-state index in [9.17, 15) is 4.79 Å². The summed E-state index contributed by atoms with van der Waals surface area (Å²) in [6.07, 6.45) is 0. The second-order valence-electron chi connectivity index (χ2n) is 7.41. The Morgan fingerprint density at radius 3 is 2.63 bits per heavy atom. The molecule has 3 aromatic carbocycles. The number of hydrogen-bond donors (Lipinski definition) is 1. The normalized spacial score (nSPS) is 15.8. The van der Waals surface area contributed by atoms with Gasteiger partial charge >= 0.3 is 6.03 Å². The number of nitrogens with one attached hydrogen (secondary N) is 1. The van der Waals surface area contributed by atoms with Gasteiger partial charge in [-0.2, -0.15) is 0 Å². The van der Waals surface area contributed by atoms with E-state index in [1.54, 1.807) is 11.8 Å². The molecule has 1 N–H and O–H groups in total. The zero-order chi connectivity index (χ0) is 20.9. The number of thioether (sulfide) groups is 1. The largest absolute Gasteiger partial charge is 0.489 e. The van der Waals surface area contributed by atoms with Crippen LogP contribution in [0.5, 0.6) is 5.75 Å². The Hall–Kier alpha value is -2.92. The average molecular weight is 419 g/mol. The molecule has 3 aromatic rings. The van der Waals surface area contributed by atoms with Crippen LogP contribution in [0.3, 0.4) is 0 Å². The van der Waals surface area contributed by atoms with Crippen molar-refractivity contribution in [2.24, 2.45) is 0 Å². The molecule has 154 valence electrons. The second-order valence-corrected chi connectivity index (χ2v) is 8.59. The Bertz CT molecular complexity index is 1020. The van der Waals surface area contributed by atoms with Crippen LogP contribution < -0.4 is 10.1 Å². The van der Waals surface area contributed by atoms with Crippen molar-refractivity contribution in [2.75, 3.05) is 17.6 Å². The average Bonchev–Trinajstić information content (AvgIpc) is 3.26. The van der Waals surface area contributed by atoms with Gasteiger partial charge in [0, 0.05) is 23.5 Å². The fourth-order valence-corrected chi connectivity index (χ4v) is 4.84. The van der Waals surface area contributed by atoms with E-state index in [0.717, 1.165) is 33.9 Å². The number of benzene rings is 3. The van der Waals surface area contributed by atoms with Crippen LogP contribution in [0.25, 0.3) is 0 Å². The molecule has 1 aliphatic heterocycles. The number of para-hydroxylation sites is 1. The SMILES string of the molecule is Cc1cccc(NC(=O)N2CCS[C@@H]2c2ccccc2OCc2ccccc2)c1C. The van der Waals surface area contributed by atoms with E-state index in [1.165, 1.54) is 5.56 Å². The van der Waals surface area contributed by atoms with Crippen LogP contribution >= 0.6 is 11.8 Å². The van der Waals surface area contributed by atoms with Crippen LogP contribution in [0.2, 0.25) is 0 Å². The van der Waals surface area contributed by atoms with Crippen LogP contribution in [0.15, 0.2) is 72.8 Å². The summed E-state index contributed by atoms with van der Waals surface area (Å²) in [5, 5.41) is 3.04. The summed E-state index contributed by atoms with van der Waals surface area (Å²) < 4.78 is 6.15. The molecule has 1 aliphatic rings. The summed E-state index contributed by atoms with van der Waals surface area (Å²) in [7, 11) is 0.